The molecule has 2 aliphatic rings. The van der Waals surface area contributed by atoms with Crippen LogP contribution in [0.15, 0.2) is 0 Å². The minimum atomic E-state index is -1.64. The van der Waals surface area contributed by atoms with E-state index < -0.39 is 102 Å². The van der Waals surface area contributed by atoms with Gasteiger partial charge in [0.1, 0.15) is 30.2 Å². The number of carbonyl (C=O) groups is 10. The van der Waals surface area contributed by atoms with Crippen LogP contribution in [0.4, 0.5) is 0 Å². The van der Waals surface area contributed by atoms with Crippen LogP contribution in [0.1, 0.15) is 44.9 Å². The molecule has 278 valence electrons. The van der Waals surface area contributed by atoms with Crippen molar-refractivity contribution in [2.75, 3.05) is 38.5 Å². The minimum Gasteiger partial charge on any atom is -0.480 e. The highest BCUT2D eigenvalue weighted by atomic mass is 32.1. The smallest absolute Gasteiger partial charge is 0.327 e. The lowest BCUT2D eigenvalue weighted by molar-refractivity contribution is -0.142. The Morgan fingerprint density at radius 1 is 0.720 bits per heavy atom. The summed E-state index contributed by atoms with van der Waals surface area (Å²) in [6.07, 6.45) is -0.0612. The van der Waals surface area contributed by atoms with Gasteiger partial charge in [0.15, 0.2) is 0 Å². The third-order valence-corrected chi connectivity index (χ3v) is 8.30. The maximum Gasteiger partial charge on any atom is 0.327 e. The molecule has 0 aliphatic carbocycles. The molecule has 2 aliphatic heterocycles. The number of primary amides is 2. The molecule has 50 heavy (non-hydrogen) atoms. The molecule has 21 nitrogen and oxygen atoms in total. The number of hydrogen-bond acceptors (Lipinski definition) is 12. The molecule has 0 bridgehead atoms. The van der Waals surface area contributed by atoms with E-state index in [9.17, 15) is 53.1 Å². The normalized spacial score (nSPS) is 18.6. The fraction of sp³-hybridized carbons (Fsp3) is 0.643. The van der Waals surface area contributed by atoms with Gasteiger partial charge in [0.05, 0.1) is 26.1 Å². The average Bonchev–Trinajstić information content (AvgIpc) is 3.76. The molecule has 2 rings (SSSR count). The van der Waals surface area contributed by atoms with Crippen molar-refractivity contribution in [2.24, 2.45) is 17.2 Å². The molecule has 0 aromatic heterocycles. The van der Waals surface area contributed by atoms with E-state index in [1.54, 1.807) is 0 Å². The van der Waals surface area contributed by atoms with Crippen LogP contribution in [0, 0.1) is 0 Å². The van der Waals surface area contributed by atoms with E-state index in [1.807, 2.05) is 0 Å². The van der Waals surface area contributed by atoms with Gasteiger partial charge < -0.3 is 58.7 Å². The Labute approximate surface area is 291 Å². The Balaban J connectivity index is 2.07. The van der Waals surface area contributed by atoms with Crippen LogP contribution in [0.25, 0.3) is 0 Å². The molecule has 2 saturated heterocycles. The summed E-state index contributed by atoms with van der Waals surface area (Å²) in [5.74, 6) is -8.73. The number of hydrogen-bond donors (Lipinski definition) is 10. The summed E-state index contributed by atoms with van der Waals surface area (Å²) in [6.45, 7) is -0.775. The van der Waals surface area contributed by atoms with Crippen molar-refractivity contribution in [3.05, 3.63) is 0 Å². The number of rotatable bonds is 19. The summed E-state index contributed by atoms with van der Waals surface area (Å²) in [4.78, 5) is 126. The fourth-order valence-electron chi connectivity index (χ4n) is 5.37. The number of carboxylic acids is 1. The lowest BCUT2D eigenvalue weighted by atomic mass is 10.1. The topological polar surface area (TPSA) is 336 Å². The first-order valence-corrected chi connectivity index (χ1v) is 16.4. The largest absolute Gasteiger partial charge is 0.480 e. The van der Waals surface area contributed by atoms with Crippen molar-refractivity contribution >= 4 is 71.8 Å². The monoisotopic (exact) mass is 728 g/mol. The Hall–Kier alpha value is -4.99. The van der Waals surface area contributed by atoms with Crippen LogP contribution in [0.5, 0.6) is 0 Å². The molecule has 0 aromatic rings. The van der Waals surface area contributed by atoms with Gasteiger partial charge in [-0.05, 0) is 32.1 Å². The van der Waals surface area contributed by atoms with Gasteiger partial charge in [-0.15, -0.1) is 0 Å². The molecule has 0 saturated carbocycles. The quantitative estimate of drug-likeness (QED) is 0.0556. The van der Waals surface area contributed by atoms with Gasteiger partial charge in [0.25, 0.3) is 0 Å². The molecule has 0 unspecified atom stereocenters. The highest BCUT2D eigenvalue weighted by Gasteiger charge is 2.38. The third kappa shape index (κ3) is 12.5. The lowest BCUT2D eigenvalue weighted by Crippen LogP contribution is -2.58. The highest BCUT2D eigenvalue weighted by Crippen LogP contribution is 2.19. The molecule has 12 N–H and O–H groups in total. The number of likely N-dealkylation sites (tertiary alicyclic amines) is 2. The number of amides is 9. The first-order chi connectivity index (χ1) is 23.6. The first kappa shape index (κ1) is 41.2. The number of nitrogens with zero attached hydrogens (tertiary/aromatic N) is 2. The standard InChI is InChI=1S/C28H44N10O11S/c29-10-21(41)32-11-22(42)37-7-1-3-17(37)26(46)33-12-23(43)38-8-2-4-18(38)27(47)35-15(9-20(31)40)25(45)34-14(5-6-19(30)39)24(44)36-16(13-50)28(48)49/h14-18,50H,1-13,29H2,(H2,30,39)(H2,31,40)(H,32,41)(H,33,46)(H,34,45)(H,35,47)(H,36,44)(H,48,49)/t14-,15-,16-,17-,18-/m0/s1. The molecular formula is C28H44N10O11S. The van der Waals surface area contributed by atoms with Crippen LogP contribution in [-0.2, 0) is 47.9 Å². The lowest BCUT2D eigenvalue weighted by Gasteiger charge is -2.28. The van der Waals surface area contributed by atoms with Crippen molar-refractivity contribution in [1.82, 2.24) is 36.4 Å². The predicted molar refractivity (Wildman–Crippen MR) is 174 cm³/mol. The van der Waals surface area contributed by atoms with E-state index in [1.165, 1.54) is 9.80 Å². The Morgan fingerprint density at radius 2 is 1.24 bits per heavy atom. The second kappa shape index (κ2) is 19.9. The van der Waals surface area contributed by atoms with E-state index in [-0.39, 0.29) is 51.2 Å². The summed E-state index contributed by atoms with van der Waals surface area (Å²) in [6, 6.07) is -6.57. The van der Waals surface area contributed by atoms with Crippen molar-refractivity contribution in [2.45, 2.75) is 75.2 Å². The molecule has 2 fully saturated rings. The first-order valence-electron chi connectivity index (χ1n) is 15.7. The Bertz CT molecular complexity index is 1350. The fourth-order valence-corrected chi connectivity index (χ4v) is 5.62. The Kier molecular flexibility index (Phi) is 16.4. The maximum absolute atomic E-state index is 13.3. The second-order valence-corrected chi connectivity index (χ2v) is 11.9. The van der Waals surface area contributed by atoms with Crippen LogP contribution in [0.2, 0.25) is 0 Å². The molecule has 0 radical (unpaired) electrons. The second-order valence-electron chi connectivity index (χ2n) is 11.6. The predicted octanol–water partition coefficient (Wildman–Crippen LogP) is -6.23. The Morgan fingerprint density at radius 3 is 1.74 bits per heavy atom. The van der Waals surface area contributed by atoms with E-state index in [0.717, 1.165) is 0 Å². The summed E-state index contributed by atoms with van der Waals surface area (Å²) < 4.78 is 0. The van der Waals surface area contributed by atoms with Crippen LogP contribution in [-0.4, -0.2) is 143 Å². The van der Waals surface area contributed by atoms with Gasteiger partial charge in [0, 0.05) is 25.3 Å². The van der Waals surface area contributed by atoms with Gasteiger partial charge in [-0.25, -0.2) is 4.79 Å². The van der Waals surface area contributed by atoms with Crippen molar-refractivity contribution in [1.29, 1.82) is 0 Å². The summed E-state index contributed by atoms with van der Waals surface area (Å²) in [5, 5.41) is 20.9. The molecule has 9 amide bonds. The van der Waals surface area contributed by atoms with Crippen molar-refractivity contribution in [3.63, 3.8) is 0 Å². The SMILES string of the molecule is NCC(=O)NCC(=O)N1CCC[C@H]1C(=O)NCC(=O)N1CCC[C@H]1C(=O)N[C@@H](CC(N)=O)C(=O)N[C@@H](CCC(N)=O)C(=O)N[C@@H](CS)C(=O)O. The van der Waals surface area contributed by atoms with Crippen molar-refractivity contribution in [3.8, 4) is 0 Å². The van der Waals surface area contributed by atoms with Gasteiger partial charge in [-0.3, -0.25) is 43.2 Å². The van der Waals surface area contributed by atoms with E-state index in [4.69, 9.17) is 17.2 Å². The molecule has 0 aromatic carbocycles. The van der Waals surface area contributed by atoms with E-state index >= 15 is 0 Å². The van der Waals surface area contributed by atoms with Crippen LogP contribution < -0.4 is 43.8 Å². The van der Waals surface area contributed by atoms with Crippen molar-refractivity contribution < 1.29 is 53.1 Å². The van der Waals surface area contributed by atoms with E-state index in [0.29, 0.717) is 19.3 Å². The van der Waals surface area contributed by atoms with Crippen LogP contribution >= 0.6 is 12.6 Å². The third-order valence-electron chi connectivity index (χ3n) is 7.94. The molecule has 0 spiro atoms. The zero-order valence-corrected chi connectivity index (χ0v) is 28.1. The number of aliphatic carboxylic acids is 1. The number of carboxylic acid groups (broad SMARTS) is 1. The maximum atomic E-state index is 13.3. The minimum absolute atomic E-state index is 0.125. The number of carbonyl (C=O) groups excluding carboxylic acids is 9. The summed E-state index contributed by atoms with van der Waals surface area (Å²) in [5.41, 5.74) is 15.7. The summed E-state index contributed by atoms with van der Waals surface area (Å²) >= 11 is 3.86. The zero-order valence-electron chi connectivity index (χ0n) is 27.2. The highest BCUT2D eigenvalue weighted by molar-refractivity contribution is 7.80. The van der Waals surface area contributed by atoms with Gasteiger partial charge in [-0.1, -0.05) is 0 Å². The number of thiol groups is 1. The van der Waals surface area contributed by atoms with E-state index in [2.05, 4.69) is 39.2 Å². The molecular weight excluding hydrogens is 684 g/mol. The van der Waals surface area contributed by atoms with Gasteiger partial charge in [-0.2, -0.15) is 12.6 Å². The molecule has 5 atom stereocenters. The zero-order chi connectivity index (χ0) is 37.5. The van der Waals surface area contributed by atoms with Gasteiger partial charge in [0.2, 0.25) is 53.2 Å². The van der Waals surface area contributed by atoms with Crippen LogP contribution in [0.3, 0.4) is 0 Å². The number of nitrogens with one attached hydrogen (secondary N) is 5. The number of nitrogens with two attached hydrogens (primary N) is 3. The molecule has 22 heteroatoms. The summed E-state index contributed by atoms with van der Waals surface area (Å²) in [7, 11) is 0. The average molecular weight is 729 g/mol. The molecule has 2 heterocycles. The van der Waals surface area contributed by atoms with Gasteiger partial charge >= 0.3 is 5.97 Å².